The smallest absolute Gasteiger partial charge is 0.0546 e. The molecule has 7 rings (SSSR count). The fraction of sp³-hybridized carbons (Fsp3) is 0.222. The molecule has 0 radical (unpaired) electrons. The first-order valence-electron chi connectivity index (χ1n) is 13.7. The molecule has 2 aliphatic carbocycles. The maximum Gasteiger partial charge on any atom is 0.0546 e. The first-order chi connectivity index (χ1) is 18.7. The fourth-order valence-electron chi connectivity index (χ4n) is 7.51. The van der Waals surface area contributed by atoms with Crippen LogP contribution in [0.1, 0.15) is 49.8 Å². The van der Waals surface area contributed by atoms with Gasteiger partial charge in [-0.25, -0.2) is 0 Å². The predicted octanol–water partition coefficient (Wildman–Crippen LogP) is 11.5. The third-order valence-corrected chi connectivity index (χ3v) is 10.2. The first kappa shape index (κ1) is 25.1. The Morgan fingerprint density at radius 1 is 0.667 bits per heavy atom. The van der Waals surface area contributed by atoms with Gasteiger partial charge in [-0.15, -0.1) is 0 Å². The number of hydrogen-bond donors (Lipinski definition) is 0. The highest BCUT2D eigenvalue weighted by Crippen LogP contribution is 2.61. The van der Waals surface area contributed by atoms with E-state index in [1.807, 2.05) is 0 Å². The van der Waals surface area contributed by atoms with E-state index in [0.29, 0.717) is 10.8 Å². The van der Waals surface area contributed by atoms with Gasteiger partial charge in [0.05, 0.1) is 5.69 Å². The lowest BCUT2D eigenvalue weighted by molar-refractivity contribution is 0.483. The Morgan fingerprint density at radius 2 is 1.26 bits per heavy atom. The summed E-state index contributed by atoms with van der Waals surface area (Å²) in [6, 6.07) is 35.7. The van der Waals surface area contributed by atoms with E-state index in [4.69, 9.17) is 0 Å². The molecule has 2 atom stereocenters. The monoisotopic (exact) mass is 635 g/mol. The van der Waals surface area contributed by atoms with Gasteiger partial charge in [0.15, 0.2) is 0 Å². The van der Waals surface area contributed by atoms with E-state index in [2.05, 4.69) is 155 Å². The second-order valence-electron chi connectivity index (χ2n) is 12.0. The molecule has 0 amide bonds. The molecular formula is C36H31Br2N. The molecule has 0 heterocycles. The van der Waals surface area contributed by atoms with Crippen LogP contribution in [0.3, 0.4) is 0 Å². The maximum atomic E-state index is 3.63. The summed E-state index contributed by atoms with van der Waals surface area (Å²) < 4.78 is 2.15. The number of halogens is 2. The number of aryl methyl sites for hydroxylation is 1. The van der Waals surface area contributed by atoms with Crippen molar-refractivity contribution in [2.75, 3.05) is 4.90 Å². The van der Waals surface area contributed by atoms with Gasteiger partial charge in [0, 0.05) is 25.7 Å². The summed E-state index contributed by atoms with van der Waals surface area (Å²) in [6.07, 6.45) is 3.89. The van der Waals surface area contributed by atoms with Crippen molar-refractivity contribution in [3.8, 4) is 11.1 Å². The molecule has 194 valence electrons. The molecule has 0 N–H and O–H groups in total. The first-order valence-corrected chi connectivity index (χ1v) is 15.3. The highest BCUT2D eigenvalue weighted by Gasteiger charge is 2.53. The lowest BCUT2D eigenvalue weighted by Gasteiger charge is -2.30. The van der Waals surface area contributed by atoms with Crippen molar-refractivity contribution < 1.29 is 0 Å². The number of fused-ring (bicyclic) bond motifs is 6. The fourth-order valence-corrected chi connectivity index (χ4v) is 8.04. The van der Waals surface area contributed by atoms with E-state index in [1.165, 1.54) is 52.4 Å². The van der Waals surface area contributed by atoms with E-state index in [-0.39, 0.29) is 0 Å². The summed E-state index contributed by atoms with van der Waals surface area (Å²) >= 11 is 7.25. The van der Waals surface area contributed by atoms with E-state index in [0.717, 1.165) is 20.3 Å². The number of nitrogens with zero attached hydrogens (tertiary/aromatic N) is 1. The van der Waals surface area contributed by atoms with Crippen LogP contribution in [-0.2, 0) is 10.8 Å². The summed E-state index contributed by atoms with van der Waals surface area (Å²) in [5, 5.41) is 2.49. The predicted molar refractivity (Wildman–Crippen MR) is 173 cm³/mol. The Kier molecular flexibility index (Phi) is 5.84. The zero-order valence-electron chi connectivity index (χ0n) is 22.6. The van der Waals surface area contributed by atoms with Crippen molar-refractivity contribution >= 4 is 59.7 Å². The van der Waals surface area contributed by atoms with Gasteiger partial charge in [-0.1, -0.05) is 82.1 Å². The largest absolute Gasteiger partial charge is 0.310 e. The molecule has 2 bridgehead atoms. The van der Waals surface area contributed by atoms with Crippen LogP contribution in [0.4, 0.5) is 17.1 Å². The van der Waals surface area contributed by atoms with Crippen LogP contribution in [0.5, 0.6) is 0 Å². The number of hydrogen-bond acceptors (Lipinski definition) is 1. The molecule has 5 aromatic carbocycles. The highest BCUT2D eigenvalue weighted by atomic mass is 79.9. The zero-order valence-corrected chi connectivity index (χ0v) is 25.7. The van der Waals surface area contributed by atoms with E-state index in [1.54, 1.807) is 11.1 Å². The Morgan fingerprint density at radius 3 is 1.92 bits per heavy atom. The highest BCUT2D eigenvalue weighted by molar-refractivity contribution is 9.10. The number of rotatable bonds is 4. The van der Waals surface area contributed by atoms with Crippen LogP contribution < -0.4 is 4.90 Å². The molecule has 5 aromatic rings. The van der Waals surface area contributed by atoms with Crippen molar-refractivity contribution in [1.82, 2.24) is 0 Å². The third kappa shape index (κ3) is 4.08. The second kappa shape index (κ2) is 9.08. The SMILES string of the molecule is Cc1cc(-c2cc(N(c3ccc(Br)cc3)c3ccc(Br)cc3)c3ccccc3c2)cc2c1C1(C)CCC2(C)C1. The van der Waals surface area contributed by atoms with Crippen molar-refractivity contribution in [3.63, 3.8) is 0 Å². The van der Waals surface area contributed by atoms with Gasteiger partial charge in [0.25, 0.3) is 0 Å². The van der Waals surface area contributed by atoms with Crippen LogP contribution in [0.15, 0.2) is 106 Å². The van der Waals surface area contributed by atoms with Crippen LogP contribution in [0.25, 0.3) is 21.9 Å². The molecule has 0 saturated heterocycles. The molecule has 1 nitrogen and oxygen atoms in total. The minimum atomic E-state index is 0.297. The Hall–Kier alpha value is -2.88. The van der Waals surface area contributed by atoms with Crippen molar-refractivity contribution in [3.05, 3.63) is 123 Å². The van der Waals surface area contributed by atoms with Gasteiger partial charge in [-0.3, -0.25) is 0 Å². The van der Waals surface area contributed by atoms with Gasteiger partial charge in [-0.2, -0.15) is 0 Å². The van der Waals surface area contributed by atoms with Gasteiger partial charge >= 0.3 is 0 Å². The standard InChI is InChI=1S/C36H31Br2N/c1-23-18-25(20-32-34(23)36(3)17-16-35(32,2)22-36)26-19-24-6-4-5-7-31(24)33(21-26)39(29-12-8-27(37)9-13-29)30-14-10-28(38)11-15-30/h4-15,18-21H,16-17,22H2,1-3H3. The average molecular weight is 637 g/mol. The van der Waals surface area contributed by atoms with Gasteiger partial charge in [-0.05, 0) is 131 Å². The van der Waals surface area contributed by atoms with E-state index >= 15 is 0 Å². The minimum absolute atomic E-state index is 0.297. The lowest BCUT2D eigenvalue weighted by Crippen LogP contribution is -2.19. The summed E-state index contributed by atoms with van der Waals surface area (Å²) in [4.78, 5) is 2.38. The topological polar surface area (TPSA) is 3.24 Å². The molecule has 0 aliphatic heterocycles. The van der Waals surface area contributed by atoms with Crippen molar-refractivity contribution in [2.24, 2.45) is 0 Å². The van der Waals surface area contributed by atoms with Gasteiger partial charge < -0.3 is 4.90 Å². The molecule has 1 saturated carbocycles. The van der Waals surface area contributed by atoms with Crippen molar-refractivity contribution in [2.45, 2.75) is 50.9 Å². The van der Waals surface area contributed by atoms with Crippen LogP contribution in [0, 0.1) is 6.92 Å². The third-order valence-electron chi connectivity index (χ3n) is 9.18. The Balaban J connectivity index is 1.47. The molecule has 39 heavy (non-hydrogen) atoms. The van der Waals surface area contributed by atoms with E-state index in [9.17, 15) is 0 Å². The molecule has 0 spiro atoms. The Bertz CT molecular complexity index is 1690. The summed E-state index contributed by atoms with van der Waals surface area (Å²) in [5.41, 5.74) is 11.3. The van der Waals surface area contributed by atoms with Crippen LogP contribution in [0.2, 0.25) is 0 Å². The zero-order chi connectivity index (χ0) is 26.9. The molecule has 0 aromatic heterocycles. The molecule has 2 unspecified atom stereocenters. The Labute approximate surface area is 248 Å². The second-order valence-corrected chi connectivity index (χ2v) is 13.8. The number of benzene rings is 5. The summed E-state index contributed by atoms with van der Waals surface area (Å²) in [5.74, 6) is 0. The molecule has 3 heteroatoms. The minimum Gasteiger partial charge on any atom is -0.310 e. The van der Waals surface area contributed by atoms with Gasteiger partial charge in [0.2, 0.25) is 0 Å². The van der Waals surface area contributed by atoms with Crippen molar-refractivity contribution in [1.29, 1.82) is 0 Å². The molecule has 2 aliphatic rings. The summed E-state index contributed by atoms with van der Waals surface area (Å²) in [6.45, 7) is 7.30. The normalized spacial score (nSPS) is 21.4. The molecule has 1 fully saturated rings. The van der Waals surface area contributed by atoms with E-state index < -0.39 is 0 Å². The quantitative estimate of drug-likeness (QED) is 0.190. The number of anilines is 3. The lowest BCUT2D eigenvalue weighted by atomic mass is 9.75. The average Bonchev–Trinajstić information content (AvgIpc) is 3.37. The van der Waals surface area contributed by atoms with Crippen LogP contribution >= 0.6 is 31.9 Å². The van der Waals surface area contributed by atoms with Gasteiger partial charge in [0.1, 0.15) is 0 Å². The molecular weight excluding hydrogens is 606 g/mol. The van der Waals surface area contributed by atoms with Crippen LogP contribution in [-0.4, -0.2) is 0 Å². The summed E-state index contributed by atoms with van der Waals surface area (Å²) in [7, 11) is 0. The maximum absolute atomic E-state index is 3.63.